The van der Waals surface area contributed by atoms with Crippen molar-refractivity contribution in [3.63, 3.8) is 0 Å². The molecule has 1 aromatic carbocycles. The molecule has 27 heavy (non-hydrogen) atoms. The van der Waals surface area contributed by atoms with Crippen LogP contribution in [-0.4, -0.2) is 52.7 Å². The third-order valence-corrected chi connectivity index (χ3v) is 5.07. The molecule has 0 bridgehead atoms. The van der Waals surface area contributed by atoms with Gasteiger partial charge in [-0.15, -0.1) is 0 Å². The Labute approximate surface area is 158 Å². The summed E-state index contributed by atoms with van der Waals surface area (Å²) in [6.07, 6.45) is 3.34. The number of rotatable bonds is 6. The first-order valence-corrected chi connectivity index (χ1v) is 9.02. The Morgan fingerprint density at radius 3 is 2.63 bits per heavy atom. The van der Waals surface area contributed by atoms with Gasteiger partial charge in [-0.25, -0.2) is 4.68 Å². The van der Waals surface area contributed by atoms with Gasteiger partial charge in [0.05, 0.1) is 31.0 Å². The number of nitrogens with zero attached hydrogens (tertiary/aromatic N) is 3. The fourth-order valence-electron chi connectivity index (χ4n) is 3.42. The van der Waals surface area contributed by atoms with E-state index in [9.17, 15) is 9.59 Å². The monoisotopic (exact) mass is 371 g/mol. The van der Waals surface area contributed by atoms with E-state index in [1.807, 2.05) is 17.7 Å². The number of para-hydroxylation sites is 1. The standard InChI is InChI=1S/C19H25N5O3/c1-13(18(20)25)23-11-8-14(9-12-23)24-17(7-10-21-24)22-19(26)15-5-3-4-6-16(15)27-2/h3-7,10,13-14H,8-9,11-12H2,1-2H3,(H2,20,25)(H,22,26). The molecule has 1 fully saturated rings. The molecule has 8 heteroatoms. The number of anilines is 1. The fraction of sp³-hybridized carbons (Fsp3) is 0.421. The summed E-state index contributed by atoms with van der Waals surface area (Å²) in [6, 6.07) is 8.76. The SMILES string of the molecule is COc1ccccc1C(=O)Nc1ccnn1C1CCN(C(C)C(N)=O)CC1. The quantitative estimate of drug-likeness (QED) is 0.804. The van der Waals surface area contributed by atoms with Crippen molar-refractivity contribution in [1.29, 1.82) is 0 Å². The topological polar surface area (TPSA) is 102 Å². The van der Waals surface area contributed by atoms with E-state index in [-0.39, 0.29) is 23.9 Å². The summed E-state index contributed by atoms with van der Waals surface area (Å²) in [6.45, 7) is 3.35. The first-order valence-electron chi connectivity index (χ1n) is 9.02. The van der Waals surface area contributed by atoms with Crippen molar-refractivity contribution in [2.75, 3.05) is 25.5 Å². The molecule has 1 atom stereocenters. The van der Waals surface area contributed by atoms with Crippen LogP contribution in [0.1, 0.15) is 36.2 Å². The van der Waals surface area contributed by atoms with Gasteiger partial charge < -0.3 is 15.8 Å². The van der Waals surface area contributed by atoms with Crippen molar-refractivity contribution in [2.24, 2.45) is 5.73 Å². The Morgan fingerprint density at radius 2 is 1.96 bits per heavy atom. The van der Waals surface area contributed by atoms with Crippen molar-refractivity contribution < 1.29 is 14.3 Å². The lowest BCUT2D eigenvalue weighted by molar-refractivity contribution is -0.123. The molecule has 3 N–H and O–H groups in total. The number of ether oxygens (including phenoxy) is 1. The molecule has 3 rings (SSSR count). The van der Waals surface area contributed by atoms with Gasteiger partial charge in [0.2, 0.25) is 5.91 Å². The van der Waals surface area contributed by atoms with E-state index in [1.165, 1.54) is 7.11 Å². The van der Waals surface area contributed by atoms with E-state index in [0.29, 0.717) is 17.1 Å². The predicted octanol–water partition coefficient (Wildman–Crippen LogP) is 1.65. The number of hydrogen-bond donors (Lipinski definition) is 2. The molecular formula is C19H25N5O3. The highest BCUT2D eigenvalue weighted by molar-refractivity contribution is 6.05. The molecule has 8 nitrogen and oxygen atoms in total. The molecule has 2 amide bonds. The molecule has 1 unspecified atom stereocenters. The number of primary amides is 1. The molecule has 1 saturated heterocycles. The van der Waals surface area contributed by atoms with E-state index in [2.05, 4.69) is 15.3 Å². The van der Waals surface area contributed by atoms with E-state index in [4.69, 9.17) is 10.5 Å². The second-order valence-electron chi connectivity index (χ2n) is 6.66. The maximum absolute atomic E-state index is 12.7. The summed E-state index contributed by atoms with van der Waals surface area (Å²) < 4.78 is 7.11. The van der Waals surface area contributed by atoms with Gasteiger partial charge in [0, 0.05) is 19.2 Å². The number of methoxy groups -OCH3 is 1. The molecule has 0 spiro atoms. The van der Waals surface area contributed by atoms with Crippen LogP contribution in [0, 0.1) is 0 Å². The number of aromatic nitrogens is 2. The van der Waals surface area contributed by atoms with Crippen LogP contribution in [0.4, 0.5) is 5.82 Å². The lowest BCUT2D eigenvalue weighted by Gasteiger charge is -2.35. The number of hydrogen-bond acceptors (Lipinski definition) is 5. The number of carbonyl (C=O) groups is 2. The molecule has 2 heterocycles. The Kier molecular flexibility index (Phi) is 5.75. The van der Waals surface area contributed by atoms with Crippen molar-refractivity contribution in [3.8, 4) is 5.75 Å². The number of nitrogens with one attached hydrogen (secondary N) is 1. The number of nitrogens with two attached hydrogens (primary N) is 1. The molecule has 1 aliphatic rings. The molecule has 2 aromatic rings. The van der Waals surface area contributed by atoms with E-state index in [0.717, 1.165) is 25.9 Å². The average Bonchev–Trinajstić information content (AvgIpc) is 3.15. The Morgan fingerprint density at radius 1 is 1.26 bits per heavy atom. The smallest absolute Gasteiger partial charge is 0.260 e. The minimum Gasteiger partial charge on any atom is -0.496 e. The number of benzene rings is 1. The summed E-state index contributed by atoms with van der Waals surface area (Å²) in [5, 5.41) is 7.32. The number of carbonyl (C=O) groups excluding carboxylic acids is 2. The first-order chi connectivity index (χ1) is 13.0. The highest BCUT2D eigenvalue weighted by Crippen LogP contribution is 2.27. The molecule has 1 aliphatic heterocycles. The third-order valence-electron chi connectivity index (χ3n) is 5.07. The highest BCUT2D eigenvalue weighted by atomic mass is 16.5. The van der Waals surface area contributed by atoms with Crippen LogP contribution in [0.3, 0.4) is 0 Å². The lowest BCUT2D eigenvalue weighted by Crippen LogP contribution is -2.46. The zero-order valence-corrected chi connectivity index (χ0v) is 15.6. The Balaban J connectivity index is 1.68. The summed E-state index contributed by atoms with van der Waals surface area (Å²) in [5.41, 5.74) is 5.87. The van der Waals surface area contributed by atoms with Gasteiger partial charge in [-0.1, -0.05) is 12.1 Å². The fourth-order valence-corrected chi connectivity index (χ4v) is 3.42. The molecule has 0 radical (unpaired) electrons. The van der Waals surface area contributed by atoms with Crippen LogP contribution in [0.5, 0.6) is 5.75 Å². The lowest BCUT2D eigenvalue weighted by atomic mass is 10.0. The minimum absolute atomic E-state index is 0.157. The van der Waals surface area contributed by atoms with Crippen LogP contribution in [0.25, 0.3) is 0 Å². The van der Waals surface area contributed by atoms with Gasteiger partial charge in [-0.3, -0.25) is 14.5 Å². The van der Waals surface area contributed by atoms with Crippen molar-refractivity contribution in [2.45, 2.75) is 31.8 Å². The van der Waals surface area contributed by atoms with Crippen LogP contribution >= 0.6 is 0 Å². The van der Waals surface area contributed by atoms with Crippen LogP contribution in [0.15, 0.2) is 36.5 Å². The van der Waals surface area contributed by atoms with E-state index in [1.54, 1.807) is 30.5 Å². The van der Waals surface area contributed by atoms with E-state index >= 15 is 0 Å². The maximum Gasteiger partial charge on any atom is 0.260 e. The Bertz CT molecular complexity index is 811. The van der Waals surface area contributed by atoms with Crippen LogP contribution in [-0.2, 0) is 4.79 Å². The van der Waals surface area contributed by atoms with Crippen molar-refractivity contribution in [3.05, 3.63) is 42.1 Å². The molecule has 0 aliphatic carbocycles. The van der Waals surface area contributed by atoms with Gasteiger partial charge >= 0.3 is 0 Å². The summed E-state index contributed by atoms with van der Waals surface area (Å²) in [7, 11) is 1.54. The summed E-state index contributed by atoms with van der Waals surface area (Å²) in [5.74, 6) is 0.619. The summed E-state index contributed by atoms with van der Waals surface area (Å²) in [4.78, 5) is 26.1. The van der Waals surface area contributed by atoms with Gasteiger partial charge in [-0.2, -0.15) is 5.10 Å². The number of likely N-dealkylation sites (tertiary alicyclic amines) is 1. The predicted molar refractivity (Wildman–Crippen MR) is 102 cm³/mol. The van der Waals surface area contributed by atoms with Crippen LogP contribution in [0.2, 0.25) is 0 Å². The normalized spacial score (nSPS) is 16.7. The Hall–Kier alpha value is -2.87. The largest absolute Gasteiger partial charge is 0.496 e. The zero-order chi connectivity index (χ0) is 19.4. The zero-order valence-electron chi connectivity index (χ0n) is 15.6. The van der Waals surface area contributed by atoms with Crippen molar-refractivity contribution >= 4 is 17.6 Å². The molecular weight excluding hydrogens is 346 g/mol. The second kappa shape index (κ2) is 8.22. The summed E-state index contributed by atoms with van der Waals surface area (Å²) >= 11 is 0. The molecule has 1 aromatic heterocycles. The molecule has 0 saturated carbocycles. The first kappa shape index (κ1) is 18.9. The van der Waals surface area contributed by atoms with E-state index < -0.39 is 0 Å². The van der Waals surface area contributed by atoms with Crippen molar-refractivity contribution in [1.82, 2.24) is 14.7 Å². The minimum atomic E-state index is -0.308. The van der Waals surface area contributed by atoms with Gasteiger partial charge in [-0.05, 0) is 31.9 Å². The van der Waals surface area contributed by atoms with Crippen LogP contribution < -0.4 is 15.8 Å². The van der Waals surface area contributed by atoms with Gasteiger partial charge in [0.15, 0.2) is 0 Å². The maximum atomic E-state index is 12.7. The third kappa shape index (κ3) is 4.11. The van der Waals surface area contributed by atoms with Gasteiger partial charge in [0.25, 0.3) is 5.91 Å². The second-order valence-corrected chi connectivity index (χ2v) is 6.66. The van der Waals surface area contributed by atoms with Gasteiger partial charge in [0.1, 0.15) is 11.6 Å². The number of amides is 2. The highest BCUT2D eigenvalue weighted by Gasteiger charge is 2.27. The average molecular weight is 371 g/mol. The molecule has 144 valence electrons. The number of piperidine rings is 1.